The number of aromatic nitrogens is 2. The lowest BCUT2D eigenvalue weighted by molar-refractivity contribution is 0.0316. The van der Waals surface area contributed by atoms with Crippen molar-refractivity contribution in [3.63, 3.8) is 0 Å². The van der Waals surface area contributed by atoms with Crippen LogP contribution in [0.1, 0.15) is 46.3 Å². The van der Waals surface area contributed by atoms with Crippen molar-refractivity contribution < 1.29 is 13.6 Å². The van der Waals surface area contributed by atoms with Gasteiger partial charge in [0.15, 0.2) is 0 Å². The number of hydrogen-bond donors (Lipinski definition) is 1. The number of halogens is 3. The van der Waals surface area contributed by atoms with E-state index < -0.39 is 11.6 Å². The number of fused-ring (bicyclic) bond motifs is 3. The summed E-state index contributed by atoms with van der Waals surface area (Å²) >= 11 is 6.32. The van der Waals surface area contributed by atoms with Crippen molar-refractivity contribution in [1.29, 1.82) is 0 Å². The first-order valence-electron chi connectivity index (χ1n) is 13.8. The first-order chi connectivity index (χ1) is 20.3. The van der Waals surface area contributed by atoms with Gasteiger partial charge in [0, 0.05) is 45.7 Å². The number of hydrogen-bond acceptors (Lipinski definition) is 6. The molecule has 0 bridgehead atoms. The van der Waals surface area contributed by atoms with Crippen molar-refractivity contribution in [1.82, 2.24) is 19.8 Å². The van der Waals surface area contributed by atoms with E-state index in [2.05, 4.69) is 20.2 Å². The van der Waals surface area contributed by atoms with Crippen LogP contribution in [0, 0.1) is 11.6 Å². The predicted molar refractivity (Wildman–Crippen MR) is 160 cm³/mol. The molecule has 3 heterocycles. The summed E-state index contributed by atoms with van der Waals surface area (Å²) < 4.78 is 29.6. The maximum Gasteiger partial charge on any atom is 0.255 e. The minimum absolute atomic E-state index is 0.0126. The molecule has 2 aliphatic heterocycles. The molecule has 1 aromatic heterocycles. The molecule has 42 heavy (non-hydrogen) atoms. The predicted octanol–water partition coefficient (Wildman–Crippen LogP) is 6.68. The molecular weight excluding hydrogens is 558 g/mol. The zero-order valence-electron chi connectivity index (χ0n) is 23.2. The number of piperidine rings is 1. The molecule has 6 rings (SSSR count). The van der Waals surface area contributed by atoms with Crippen molar-refractivity contribution in [2.24, 2.45) is 4.99 Å². The fourth-order valence-electron chi connectivity index (χ4n) is 5.60. The minimum Gasteiger partial charge on any atom is -0.324 e. The molecule has 4 aromatic rings. The fraction of sp³-hybridized carbons (Fsp3) is 0.250. The number of carbonyl (C=O) groups is 1. The zero-order valence-corrected chi connectivity index (χ0v) is 24.0. The fourth-order valence-corrected chi connectivity index (χ4v) is 5.77. The number of anilines is 2. The Hall–Kier alpha value is -4.21. The van der Waals surface area contributed by atoms with Crippen LogP contribution in [0.3, 0.4) is 0 Å². The van der Waals surface area contributed by atoms with Gasteiger partial charge in [-0.1, -0.05) is 23.7 Å². The molecule has 2 aliphatic rings. The number of benzene rings is 3. The first-order valence-corrected chi connectivity index (χ1v) is 14.2. The highest BCUT2D eigenvalue weighted by Crippen LogP contribution is 2.35. The highest BCUT2D eigenvalue weighted by molar-refractivity contribution is 6.31. The second-order valence-corrected chi connectivity index (χ2v) is 11.1. The number of amides is 1. The van der Waals surface area contributed by atoms with Crippen LogP contribution in [0.5, 0.6) is 0 Å². The summed E-state index contributed by atoms with van der Waals surface area (Å²) in [4.78, 5) is 31.1. The smallest absolute Gasteiger partial charge is 0.255 e. The van der Waals surface area contributed by atoms with Gasteiger partial charge < -0.3 is 10.2 Å². The lowest BCUT2D eigenvalue weighted by atomic mass is 9.95. The number of rotatable bonds is 5. The molecule has 0 spiro atoms. The molecule has 1 atom stereocenters. The van der Waals surface area contributed by atoms with Crippen molar-refractivity contribution in [2.75, 3.05) is 26.0 Å². The van der Waals surface area contributed by atoms with E-state index in [1.807, 2.05) is 31.1 Å². The van der Waals surface area contributed by atoms with Gasteiger partial charge in [0.1, 0.15) is 11.6 Å². The van der Waals surface area contributed by atoms with E-state index in [1.54, 1.807) is 36.5 Å². The van der Waals surface area contributed by atoms with Gasteiger partial charge in [-0.15, -0.1) is 0 Å². The van der Waals surface area contributed by atoms with E-state index in [1.165, 1.54) is 18.2 Å². The summed E-state index contributed by atoms with van der Waals surface area (Å²) in [6.07, 6.45) is 4.83. The Bertz CT molecular complexity index is 1670. The molecule has 0 radical (unpaired) electrons. The third-order valence-electron chi connectivity index (χ3n) is 7.68. The average Bonchev–Trinajstić information content (AvgIpc) is 3.13. The summed E-state index contributed by atoms with van der Waals surface area (Å²) in [5.74, 6) is -1.08. The topological polar surface area (TPSA) is 73.7 Å². The Labute approximate surface area is 247 Å². The molecule has 214 valence electrons. The van der Waals surface area contributed by atoms with Gasteiger partial charge >= 0.3 is 0 Å². The van der Waals surface area contributed by atoms with E-state index >= 15 is 0 Å². The summed E-state index contributed by atoms with van der Waals surface area (Å²) in [6.45, 7) is 0.874. The van der Waals surface area contributed by atoms with Gasteiger partial charge in [-0.3, -0.25) is 14.7 Å². The summed E-state index contributed by atoms with van der Waals surface area (Å²) in [5.41, 5.74) is 3.69. The number of nitrogens with one attached hydrogen (secondary N) is 1. The van der Waals surface area contributed by atoms with Gasteiger partial charge in [0.25, 0.3) is 5.91 Å². The lowest BCUT2D eigenvalue weighted by Gasteiger charge is -2.39. The van der Waals surface area contributed by atoms with Crippen molar-refractivity contribution in [2.45, 2.75) is 32.0 Å². The second-order valence-electron chi connectivity index (χ2n) is 10.7. The normalized spacial score (nSPS) is 16.4. The van der Waals surface area contributed by atoms with Gasteiger partial charge in [-0.25, -0.2) is 18.7 Å². The molecule has 1 saturated heterocycles. The van der Waals surface area contributed by atoms with Crippen LogP contribution in [0.25, 0.3) is 11.3 Å². The van der Waals surface area contributed by atoms with Crippen LogP contribution in [0.2, 0.25) is 5.02 Å². The van der Waals surface area contributed by atoms with Crippen molar-refractivity contribution in [3.8, 4) is 11.3 Å². The maximum atomic E-state index is 14.8. The van der Waals surface area contributed by atoms with Crippen molar-refractivity contribution in [3.05, 3.63) is 106 Å². The Morgan fingerprint density at radius 3 is 2.52 bits per heavy atom. The molecule has 1 N–H and O–H groups in total. The quantitative estimate of drug-likeness (QED) is 0.282. The highest BCUT2D eigenvalue weighted by atomic mass is 35.5. The van der Waals surface area contributed by atoms with Gasteiger partial charge in [0.2, 0.25) is 5.95 Å². The van der Waals surface area contributed by atoms with E-state index in [0.717, 1.165) is 25.8 Å². The molecule has 1 fully saturated rings. The lowest BCUT2D eigenvalue weighted by Crippen LogP contribution is -2.50. The number of carbonyl (C=O) groups excluding carboxylic acids is 1. The molecule has 1 unspecified atom stereocenters. The SMILES string of the molecule is CN(C)C1CCCCN1C(=O)c1ccc(Nc2ncc3c(n2)-c2ccc(Cl)cc2C(c2c(F)cccc2F)=NC3)cc1. The number of nitrogens with zero attached hydrogens (tertiary/aromatic N) is 5. The Morgan fingerprint density at radius 2 is 1.79 bits per heavy atom. The third kappa shape index (κ3) is 5.37. The molecular formula is C32H29ClF2N6O. The Morgan fingerprint density at radius 1 is 1.02 bits per heavy atom. The van der Waals surface area contributed by atoms with E-state index in [-0.39, 0.29) is 29.9 Å². The first kappa shape index (κ1) is 27.9. The third-order valence-corrected chi connectivity index (χ3v) is 7.91. The maximum absolute atomic E-state index is 14.8. The van der Waals surface area contributed by atoms with E-state index in [9.17, 15) is 13.6 Å². The molecule has 0 aliphatic carbocycles. The second kappa shape index (κ2) is 11.6. The zero-order chi connectivity index (χ0) is 29.4. The van der Waals surface area contributed by atoms with Crippen LogP contribution < -0.4 is 5.32 Å². The largest absolute Gasteiger partial charge is 0.324 e. The van der Waals surface area contributed by atoms with Crippen LogP contribution >= 0.6 is 11.6 Å². The summed E-state index contributed by atoms with van der Waals surface area (Å²) in [5, 5.41) is 3.62. The Balaban J connectivity index is 1.29. The molecule has 0 saturated carbocycles. The average molecular weight is 587 g/mol. The molecule has 3 aromatic carbocycles. The van der Waals surface area contributed by atoms with Crippen LogP contribution in [0.15, 0.2) is 71.9 Å². The number of aliphatic imine (C=N–C) groups is 1. The van der Waals surface area contributed by atoms with Crippen molar-refractivity contribution >= 4 is 34.9 Å². The van der Waals surface area contributed by atoms with Crippen LogP contribution in [-0.4, -0.2) is 58.2 Å². The van der Waals surface area contributed by atoms with E-state index in [0.29, 0.717) is 44.6 Å². The molecule has 10 heteroatoms. The number of likely N-dealkylation sites (tertiary alicyclic amines) is 1. The van der Waals surface area contributed by atoms with Crippen LogP contribution in [-0.2, 0) is 6.54 Å². The van der Waals surface area contributed by atoms with Gasteiger partial charge in [-0.05, 0) is 81.9 Å². The van der Waals surface area contributed by atoms with E-state index in [4.69, 9.17) is 16.6 Å². The minimum atomic E-state index is -0.710. The standard InChI is InChI=1S/C32H29ClF2N6O/c1-40(2)27-8-3-4-15-41(27)31(42)19-9-12-22(13-10-19)38-32-37-18-20-17-36-30(28-25(34)6-5-7-26(28)35)24-16-21(33)11-14-23(24)29(20)39-32/h5-7,9-14,16,18,27H,3-4,8,15,17H2,1-2H3,(H,37,38,39). The van der Waals surface area contributed by atoms with Gasteiger partial charge in [-0.2, -0.15) is 0 Å². The van der Waals surface area contributed by atoms with Crippen LogP contribution in [0.4, 0.5) is 20.4 Å². The summed E-state index contributed by atoms with van der Waals surface area (Å²) in [6, 6.07) is 16.1. The molecule has 7 nitrogen and oxygen atoms in total. The highest BCUT2D eigenvalue weighted by Gasteiger charge is 2.29. The monoisotopic (exact) mass is 586 g/mol. The molecule has 1 amide bonds. The Kier molecular flexibility index (Phi) is 7.70. The summed E-state index contributed by atoms with van der Waals surface area (Å²) in [7, 11) is 4.00. The van der Waals surface area contributed by atoms with Gasteiger partial charge in [0.05, 0.1) is 29.7 Å².